The van der Waals surface area contributed by atoms with Crippen LogP contribution in [-0.4, -0.2) is 40.3 Å². The number of aromatic nitrogens is 1. The van der Waals surface area contributed by atoms with Gasteiger partial charge in [0.2, 0.25) is 11.8 Å². The number of hydrogen-bond donors (Lipinski definition) is 1. The average Bonchev–Trinajstić information content (AvgIpc) is 2.85. The molecule has 3 atom stereocenters. The number of carbonyl (C=O) groups excluding carboxylic acids is 2. The highest BCUT2D eigenvalue weighted by atomic mass is 32.1. The first kappa shape index (κ1) is 13.0. The van der Waals surface area contributed by atoms with Gasteiger partial charge in [-0.25, -0.2) is 4.98 Å². The van der Waals surface area contributed by atoms with E-state index < -0.39 is 12.1 Å². The van der Waals surface area contributed by atoms with Crippen molar-refractivity contribution in [1.82, 2.24) is 15.2 Å². The Bertz CT molecular complexity index is 446. The third-order valence-electron chi connectivity index (χ3n) is 3.20. The maximum absolute atomic E-state index is 12.1. The molecule has 98 valence electrons. The third kappa shape index (κ3) is 2.38. The second kappa shape index (κ2) is 5.06. The van der Waals surface area contributed by atoms with E-state index in [1.165, 1.54) is 0 Å². The molecule has 1 aromatic rings. The first-order valence-corrected chi connectivity index (χ1v) is 6.89. The van der Waals surface area contributed by atoms with Crippen molar-refractivity contribution in [2.24, 2.45) is 0 Å². The summed E-state index contributed by atoms with van der Waals surface area (Å²) in [5.74, 6) is 0.0356. The van der Waals surface area contributed by atoms with Gasteiger partial charge in [0.05, 0.1) is 5.01 Å². The normalized spacial score (nSPS) is 26.1. The van der Waals surface area contributed by atoms with E-state index in [4.69, 9.17) is 0 Å². The van der Waals surface area contributed by atoms with Gasteiger partial charge in [0.25, 0.3) is 0 Å². The van der Waals surface area contributed by atoms with Gasteiger partial charge >= 0.3 is 0 Å². The summed E-state index contributed by atoms with van der Waals surface area (Å²) in [6, 6.07) is -0.840. The van der Waals surface area contributed by atoms with Crippen LogP contribution in [0.1, 0.15) is 31.7 Å². The molecule has 2 heterocycles. The lowest BCUT2D eigenvalue weighted by Gasteiger charge is -2.37. The van der Waals surface area contributed by atoms with E-state index in [1.807, 2.05) is 12.3 Å². The molecule has 1 aliphatic heterocycles. The van der Waals surface area contributed by atoms with Crippen LogP contribution in [0.2, 0.25) is 0 Å². The minimum absolute atomic E-state index is 0.0227. The van der Waals surface area contributed by atoms with Gasteiger partial charge in [0, 0.05) is 24.0 Å². The lowest BCUT2D eigenvalue weighted by molar-refractivity contribution is -0.148. The van der Waals surface area contributed by atoms with Crippen molar-refractivity contribution in [2.75, 3.05) is 6.54 Å². The number of nitrogens with one attached hydrogen (secondary N) is 1. The SMILES string of the molecule is CC1NC(=O)C(C)N(CC(C)c2nccs2)C1=O. The Kier molecular flexibility index (Phi) is 3.65. The molecule has 0 radical (unpaired) electrons. The Labute approximate surface area is 110 Å². The molecule has 2 amide bonds. The van der Waals surface area contributed by atoms with Crippen LogP contribution in [0.15, 0.2) is 11.6 Å². The van der Waals surface area contributed by atoms with Gasteiger partial charge in [-0.05, 0) is 13.8 Å². The van der Waals surface area contributed by atoms with Gasteiger partial charge in [-0.3, -0.25) is 9.59 Å². The summed E-state index contributed by atoms with van der Waals surface area (Å²) < 4.78 is 0. The van der Waals surface area contributed by atoms with Gasteiger partial charge in [0.15, 0.2) is 0 Å². The van der Waals surface area contributed by atoms with Crippen LogP contribution in [0.25, 0.3) is 0 Å². The molecule has 1 aromatic heterocycles. The van der Waals surface area contributed by atoms with E-state index in [1.54, 1.807) is 36.3 Å². The van der Waals surface area contributed by atoms with E-state index in [2.05, 4.69) is 10.3 Å². The van der Waals surface area contributed by atoms with Crippen LogP contribution >= 0.6 is 11.3 Å². The standard InChI is InChI=1S/C12H17N3O2S/c1-7(11-13-4-5-18-11)6-15-9(3)10(16)14-8(2)12(15)17/h4-5,7-9H,6H2,1-3H3,(H,14,16). The molecule has 1 saturated heterocycles. The first-order valence-electron chi connectivity index (χ1n) is 6.01. The van der Waals surface area contributed by atoms with Gasteiger partial charge < -0.3 is 10.2 Å². The minimum atomic E-state index is -0.433. The van der Waals surface area contributed by atoms with E-state index in [-0.39, 0.29) is 17.7 Å². The summed E-state index contributed by atoms with van der Waals surface area (Å²) in [5.41, 5.74) is 0. The fourth-order valence-corrected chi connectivity index (χ4v) is 2.77. The number of nitrogens with zero attached hydrogens (tertiary/aromatic N) is 2. The summed E-state index contributed by atoms with van der Waals surface area (Å²) in [4.78, 5) is 29.7. The highest BCUT2D eigenvalue weighted by Gasteiger charge is 2.36. The molecular formula is C12H17N3O2S. The Hall–Kier alpha value is -1.43. The van der Waals surface area contributed by atoms with Crippen molar-refractivity contribution in [3.63, 3.8) is 0 Å². The number of hydrogen-bond acceptors (Lipinski definition) is 4. The lowest BCUT2D eigenvalue weighted by Crippen LogP contribution is -2.61. The quantitative estimate of drug-likeness (QED) is 0.888. The van der Waals surface area contributed by atoms with E-state index >= 15 is 0 Å². The molecule has 0 aromatic carbocycles. The van der Waals surface area contributed by atoms with E-state index in [0.29, 0.717) is 6.54 Å². The van der Waals surface area contributed by atoms with Crippen molar-refractivity contribution in [1.29, 1.82) is 0 Å². The third-order valence-corrected chi connectivity index (χ3v) is 4.21. The summed E-state index contributed by atoms with van der Waals surface area (Å²) >= 11 is 1.57. The molecule has 0 saturated carbocycles. The second-order valence-corrected chi connectivity index (χ2v) is 5.59. The predicted molar refractivity (Wildman–Crippen MR) is 69.3 cm³/mol. The Morgan fingerprint density at radius 1 is 1.50 bits per heavy atom. The van der Waals surface area contributed by atoms with E-state index in [0.717, 1.165) is 5.01 Å². The van der Waals surface area contributed by atoms with Crippen LogP contribution in [0.4, 0.5) is 0 Å². The first-order chi connectivity index (χ1) is 8.50. The largest absolute Gasteiger partial charge is 0.343 e. The molecule has 2 rings (SSSR count). The average molecular weight is 267 g/mol. The maximum atomic E-state index is 12.1. The Balaban J connectivity index is 2.11. The zero-order valence-corrected chi connectivity index (χ0v) is 11.5. The minimum Gasteiger partial charge on any atom is -0.343 e. The van der Waals surface area contributed by atoms with Crippen molar-refractivity contribution in [3.05, 3.63) is 16.6 Å². The molecule has 5 nitrogen and oxygen atoms in total. The lowest BCUT2D eigenvalue weighted by atomic mass is 10.1. The molecule has 1 N–H and O–H groups in total. The maximum Gasteiger partial charge on any atom is 0.245 e. The van der Waals surface area contributed by atoms with Crippen molar-refractivity contribution >= 4 is 23.2 Å². The highest BCUT2D eigenvalue weighted by molar-refractivity contribution is 7.09. The second-order valence-electron chi connectivity index (χ2n) is 4.67. The fraction of sp³-hybridized carbons (Fsp3) is 0.583. The van der Waals surface area contributed by atoms with Crippen molar-refractivity contribution < 1.29 is 9.59 Å². The molecule has 1 aliphatic rings. The Morgan fingerprint density at radius 3 is 2.83 bits per heavy atom. The molecule has 6 heteroatoms. The summed E-state index contributed by atoms with van der Waals surface area (Å²) in [6.45, 7) is 6.03. The number of piperazine rings is 1. The van der Waals surface area contributed by atoms with Crippen LogP contribution in [-0.2, 0) is 9.59 Å². The molecular weight excluding hydrogens is 250 g/mol. The monoisotopic (exact) mass is 267 g/mol. The molecule has 1 fully saturated rings. The summed E-state index contributed by atoms with van der Waals surface area (Å²) in [6.07, 6.45) is 1.76. The highest BCUT2D eigenvalue weighted by Crippen LogP contribution is 2.21. The van der Waals surface area contributed by atoms with Crippen LogP contribution in [0.5, 0.6) is 0 Å². The predicted octanol–water partition coefficient (Wildman–Crippen LogP) is 0.982. The van der Waals surface area contributed by atoms with Crippen molar-refractivity contribution in [2.45, 2.75) is 38.8 Å². The van der Waals surface area contributed by atoms with Crippen LogP contribution in [0.3, 0.4) is 0 Å². The van der Waals surface area contributed by atoms with Crippen LogP contribution < -0.4 is 5.32 Å². The Morgan fingerprint density at radius 2 is 2.22 bits per heavy atom. The molecule has 18 heavy (non-hydrogen) atoms. The summed E-state index contributed by atoms with van der Waals surface area (Å²) in [5, 5.41) is 5.59. The van der Waals surface area contributed by atoms with Gasteiger partial charge in [0.1, 0.15) is 12.1 Å². The topological polar surface area (TPSA) is 62.3 Å². The summed E-state index contributed by atoms with van der Waals surface area (Å²) in [7, 11) is 0. The molecule has 0 aliphatic carbocycles. The molecule has 3 unspecified atom stereocenters. The molecule has 0 bridgehead atoms. The van der Waals surface area contributed by atoms with Crippen LogP contribution in [0, 0.1) is 0 Å². The smallest absolute Gasteiger partial charge is 0.245 e. The van der Waals surface area contributed by atoms with Crippen molar-refractivity contribution in [3.8, 4) is 0 Å². The zero-order valence-electron chi connectivity index (χ0n) is 10.7. The fourth-order valence-electron chi connectivity index (χ4n) is 2.08. The van der Waals surface area contributed by atoms with E-state index in [9.17, 15) is 9.59 Å². The number of rotatable bonds is 3. The van der Waals surface area contributed by atoms with Gasteiger partial charge in [-0.1, -0.05) is 6.92 Å². The number of thiazole rings is 1. The zero-order chi connectivity index (χ0) is 13.3. The number of carbonyl (C=O) groups is 2. The van der Waals surface area contributed by atoms with Gasteiger partial charge in [-0.2, -0.15) is 0 Å². The molecule has 0 spiro atoms. The van der Waals surface area contributed by atoms with Gasteiger partial charge in [-0.15, -0.1) is 11.3 Å². The number of amides is 2.